The Morgan fingerprint density at radius 1 is 0.538 bits per heavy atom. The van der Waals surface area contributed by atoms with E-state index in [1.54, 1.807) is 58.6 Å². The van der Waals surface area contributed by atoms with Crippen molar-refractivity contribution < 1.29 is 0 Å². The molecule has 0 bridgehead atoms. The minimum Gasteiger partial charge on any atom is -0.0549 e. The zero-order valence-corrected chi connectivity index (χ0v) is 8.78. The predicted octanol–water partition coefficient (Wildman–Crippen LogP) is 3.68. The summed E-state index contributed by atoms with van der Waals surface area (Å²) < 4.78 is 0. The molecule has 0 radical (unpaired) electrons. The van der Waals surface area contributed by atoms with Gasteiger partial charge in [-0.3, -0.25) is 0 Å². The third-order valence-electron chi connectivity index (χ3n) is 5.30. The molecule has 0 atom stereocenters. The van der Waals surface area contributed by atoms with Gasteiger partial charge < -0.3 is 0 Å². The Morgan fingerprint density at radius 3 is 1.31 bits per heavy atom. The molecule has 2 saturated carbocycles. The van der Waals surface area contributed by atoms with Crippen LogP contribution in [0.3, 0.4) is 0 Å². The van der Waals surface area contributed by atoms with Gasteiger partial charge in [-0.2, -0.15) is 0 Å². The van der Waals surface area contributed by atoms with E-state index in [9.17, 15) is 0 Å². The van der Waals surface area contributed by atoms with Crippen molar-refractivity contribution in [3.63, 3.8) is 0 Å². The molecule has 3 fully saturated rings. The number of hydrogen-bond acceptors (Lipinski definition) is 0. The van der Waals surface area contributed by atoms with Crippen LogP contribution in [-0.2, 0) is 0 Å². The Labute approximate surface area is 82.7 Å². The molecule has 0 amide bonds. The summed E-state index contributed by atoms with van der Waals surface area (Å²) in [6.45, 7) is 0. The van der Waals surface area contributed by atoms with E-state index >= 15 is 0 Å². The second-order valence-electron chi connectivity index (χ2n) is 5.86. The summed E-state index contributed by atoms with van der Waals surface area (Å²) in [5.74, 6) is 0. The van der Waals surface area contributed by atoms with E-state index in [1.807, 2.05) is 0 Å². The summed E-state index contributed by atoms with van der Waals surface area (Å²) in [7, 11) is 1.62. The minimum absolute atomic E-state index is 0.895. The summed E-state index contributed by atoms with van der Waals surface area (Å²) >= 11 is 0. The van der Waals surface area contributed by atoms with Gasteiger partial charge in [-0.05, 0) is 0 Å². The van der Waals surface area contributed by atoms with Crippen molar-refractivity contribution in [2.75, 3.05) is 0 Å². The highest BCUT2D eigenvalue weighted by Gasteiger charge is 2.66. The van der Waals surface area contributed by atoms with E-state index in [0.29, 0.717) is 0 Å². The van der Waals surface area contributed by atoms with Gasteiger partial charge in [0.2, 0.25) is 0 Å². The van der Waals surface area contributed by atoms with Gasteiger partial charge in [0.1, 0.15) is 7.28 Å². The van der Waals surface area contributed by atoms with Crippen LogP contribution in [0.1, 0.15) is 64.2 Å². The Bertz CT molecular complexity index is 175. The first-order chi connectivity index (χ1) is 6.37. The van der Waals surface area contributed by atoms with Crippen molar-refractivity contribution in [3.05, 3.63) is 0 Å². The van der Waals surface area contributed by atoms with Gasteiger partial charge in [0, 0.05) is 0 Å². The Kier molecular flexibility index (Phi) is 1.79. The Balaban J connectivity index is 1.73. The smallest absolute Gasteiger partial charge is 0.0549 e. The second kappa shape index (κ2) is 2.78. The van der Waals surface area contributed by atoms with Crippen LogP contribution in [0.15, 0.2) is 0 Å². The van der Waals surface area contributed by atoms with Crippen molar-refractivity contribution in [1.82, 2.24) is 0 Å². The molecular weight excluding hydrogens is 155 g/mol. The van der Waals surface area contributed by atoms with Crippen molar-refractivity contribution in [3.8, 4) is 0 Å². The second-order valence-corrected chi connectivity index (χ2v) is 5.86. The standard InChI is InChI=1S/C12H21B/c1-3-7-11(8-4-1)12(13-11)9-5-2-6-10-12/h13H,1-10H2. The lowest BCUT2D eigenvalue weighted by Crippen LogP contribution is -2.10. The fraction of sp³-hybridized carbons (Fsp3) is 1.00. The van der Waals surface area contributed by atoms with Crippen molar-refractivity contribution in [1.29, 1.82) is 0 Å². The quantitative estimate of drug-likeness (QED) is 0.494. The van der Waals surface area contributed by atoms with Crippen molar-refractivity contribution >= 4 is 7.28 Å². The van der Waals surface area contributed by atoms with Crippen LogP contribution in [-0.4, -0.2) is 7.28 Å². The lowest BCUT2D eigenvalue weighted by atomic mass is 9.73. The molecule has 72 valence electrons. The van der Waals surface area contributed by atoms with Crippen LogP contribution in [0, 0.1) is 0 Å². The highest BCUT2D eigenvalue weighted by atomic mass is 14.6. The highest BCUT2D eigenvalue weighted by Crippen LogP contribution is 2.80. The molecule has 1 heteroatoms. The van der Waals surface area contributed by atoms with Gasteiger partial charge in [-0.1, -0.05) is 74.8 Å². The summed E-state index contributed by atoms with van der Waals surface area (Å²) in [5, 5.41) is 1.79. The predicted molar refractivity (Wildman–Crippen MR) is 58.7 cm³/mol. The van der Waals surface area contributed by atoms with E-state index in [0.717, 1.165) is 10.6 Å². The van der Waals surface area contributed by atoms with Crippen LogP contribution in [0.25, 0.3) is 0 Å². The van der Waals surface area contributed by atoms with Crippen LogP contribution in [0.2, 0.25) is 10.6 Å². The van der Waals surface area contributed by atoms with E-state index < -0.39 is 0 Å². The fourth-order valence-electron chi connectivity index (χ4n) is 4.47. The van der Waals surface area contributed by atoms with Gasteiger partial charge in [0.25, 0.3) is 0 Å². The highest BCUT2D eigenvalue weighted by molar-refractivity contribution is 6.60. The van der Waals surface area contributed by atoms with Crippen molar-refractivity contribution in [2.24, 2.45) is 0 Å². The van der Waals surface area contributed by atoms with Crippen LogP contribution >= 0.6 is 0 Å². The minimum atomic E-state index is 0.895. The number of hydrogen-bond donors (Lipinski definition) is 0. The molecule has 3 aliphatic rings. The largest absolute Gasteiger partial charge is 0.135 e. The monoisotopic (exact) mass is 176 g/mol. The summed E-state index contributed by atoms with van der Waals surface area (Å²) in [6, 6.07) is 0. The van der Waals surface area contributed by atoms with E-state index in [4.69, 9.17) is 0 Å². The molecule has 3 rings (SSSR count). The van der Waals surface area contributed by atoms with Gasteiger partial charge in [-0.15, -0.1) is 0 Å². The van der Waals surface area contributed by atoms with Crippen molar-refractivity contribution in [2.45, 2.75) is 74.8 Å². The first-order valence-electron chi connectivity index (χ1n) is 6.37. The molecule has 2 aliphatic carbocycles. The maximum Gasteiger partial charge on any atom is 0.135 e. The fourth-order valence-corrected chi connectivity index (χ4v) is 4.47. The average Bonchev–Trinajstić information content (AvgIpc) is 2.74. The normalized spacial score (nSPS) is 34.5. The Morgan fingerprint density at radius 2 is 0.923 bits per heavy atom. The van der Waals surface area contributed by atoms with Gasteiger partial charge in [0.15, 0.2) is 0 Å². The number of fused-ring (bicyclic) bond motifs is 1. The molecule has 1 saturated heterocycles. The van der Waals surface area contributed by atoms with E-state index in [2.05, 4.69) is 0 Å². The molecule has 0 aromatic rings. The van der Waals surface area contributed by atoms with Crippen LogP contribution < -0.4 is 0 Å². The third-order valence-corrected chi connectivity index (χ3v) is 5.30. The molecule has 0 aromatic carbocycles. The summed E-state index contributed by atoms with van der Waals surface area (Å²) in [6.07, 6.45) is 15.6. The maximum absolute atomic E-state index is 1.62. The molecule has 0 unspecified atom stereocenters. The van der Waals surface area contributed by atoms with E-state index in [1.165, 1.54) is 12.8 Å². The van der Waals surface area contributed by atoms with Gasteiger partial charge in [0.05, 0.1) is 0 Å². The SMILES string of the molecule is B1C2(CCCCC2)C12CCCCC2. The molecule has 0 aromatic heterocycles. The first-order valence-corrected chi connectivity index (χ1v) is 6.37. The molecule has 0 nitrogen and oxygen atoms in total. The summed E-state index contributed by atoms with van der Waals surface area (Å²) in [5.41, 5.74) is 0. The lowest BCUT2D eigenvalue weighted by molar-refractivity contribution is 0.300. The van der Waals surface area contributed by atoms with Gasteiger partial charge >= 0.3 is 0 Å². The molecule has 2 spiro atoms. The van der Waals surface area contributed by atoms with Crippen LogP contribution in [0.5, 0.6) is 0 Å². The molecule has 1 aliphatic heterocycles. The number of rotatable bonds is 0. The summed E-state index contributed by atoms with van der Waals surface area (Å²) in [4.78, 5) is 0. The Hall–Kier alpha value is 0.0649. The first kappa shape index (κ1) is 8.38. The van der Waals surface area contributed by atoms with Crippen LogP contribution in [0.4, 0.5) is 0 Å². The molecule has 13 heavy (non-hydrogen) atoms. The van der Waals surface area contributed by atoms with E-state index in [-0.39, 0.29) is 0 Å². The lowest BCUT2D eigenvalue weighted by Gasteiger charge is -2.33. The zero-order chi connectivity index (χ0) is 8.78. The maximum atomic E-state index is 1.62. The zero-order valence-electron chi connectivity index (χ0n) is 8.78. The average molecular weight is 176 g/mol. The molecule has 0 N–H and O–H groups in total. The van der Waals surface area contributed by atoms with Gasteiger partial charge in [-0.25, -0.2) is 0 Å². The third kappa shape index (κ3) is 1.12. The molecular formula is C12H21B. The molecule has 1 heterocycles. The topological polar surface area (TPSA) is 0 Å².